The zero-order valence-corrected chi connectivity index (χ0v) is 20.0. The van der Waals surface area contributed by atoms with Crippen LogP contribution in [0.4, 0.5) is 0 Å². The Kier molecular flexibility index (Phi) is 7.81. The topological polar surface area (TPSA) is 52.7 Å². The molecule has 0 unspecified atom stereocenters. The number of rotatable bonds is 7. The number of nitrogens with zero attached hydrogens (tertiary/aromatic N) is 2. The lowest BCUT2D eigenvalue weighted by Crippen LogP contribution is -2.58. The van der Waals surface area contributed by atoms with E-state index in [0.29, 0.717) is 19.0 Å². The van der Waals surface area contributed by atoms with E-state index >= 15 is 0 Å². The summed E-state index contributed by atoms with van der Waals surface area (Å²) in [5.41, 5.74) is 3.12. The predicted molar refractivity (Wildman–Crippen MR) is 132 cm³/mol. The highest BCUT2D eigenvalue weighted by Crippen LogP contribution is 2.31. The number of aryl methyl sites for hydroxylation is 1. The first-order valence-corrected chi connectivity index (χ1v) is 12.5. The Balaban J connectivity index is 1.40. The summed E-state index contributed by atoms with van der Waals surface area (Å²) in [6.45, 7) is 6.99. The van der Waals surface area contributed by atoms with Gasteiger partial charge in [-0.15, -0.1) is 0 Å². The van der Waals surface area contributed by atoms with Gasteiger partial charge in [-0.1, -0.05) is 62.2 Å². The molecule has 0 bridgehead atoms. The molecule has 2 aromatic carbocycles. The Bertz CT molecular complexity index is 914. The molecule has 176 valence electrons. The Morgan fingerprint density at radius 1 is 0.939 bits per heavy atom. The zero-order valence-electron chi connectivity index (χ0n) is 20.0. The van der Waals surface area contributed by atoms with Crippen LogP contribution in [0, 0.1) is 5.92 Å². The van der Waals surface area contributed by atoms with Crippen molar-refractivity contribution in [2.24, 2.45) is 5.92 Å². The maximum absolute atomic E-state index is 13.5. The first-order valence-electron chi connectivity index (χ1n) is 12.5. The minimum atomic E-state index is -0.111. The molecular weight excluding hydrogens is 410 g/mol. The van der Waals surface area contributed by atoms with Crippen LogP contribution in [0.2, 0.25) is 0 Å². The Morgan fingerprint density at radius 3 is 2.18 bits per heavy atom. The van der Waals surface area contributed by atoms with Crippen molar-refractivity contribution >= 4 is 11.8 Å². The highest BCUT2D eigenvalue weighted by atomic mass is 16.2. The van der Waals surface area contributed by atoms with Crippen molar-refractivity contribution < 1.29 is 9.59 Å². The van der Waals surface area contributed by atoms with Gasteiger partial charge in [0, 0.05) is 31.7 Å². The number of carbonyl (C=O) groups excluding carboxylic acids is 2. The standard InChI is InChI=1S/C28H37N3O2/c1-3-22-13-15-25(16-14-22)28(33)31-19-17-30(18-20-31)26(24-11-7-8-12-24)27(32)29-21(2)23-9-5-4-6-10-23/h4-6,9-10,13-16,21,24,26H,3,7-8,11-12,17-20H2,1-2H3,(H,29,32)/t21-,26-/m1/s1. The number of nitrogens with one attached hydrogen (secondary N) is 1. The molecule has 5 heteroatoms. The van der Waals surface area contributed by atoms with Crippen molar-refractivity contribution in [3.05, 3.63) is 71.3 Å². The second-order valence-corrected chi connectivity index (χ2v) is 9.51. The molecule has 2 atom stereocenters. The molecule has 1 heterocycles. The van der Waals surface area contributed by atoms with Gasteiger partial charge in [0.2, 0.25) is 5.91 Å². The number of piperazine rings is 1. The minimum absolute atomic E-state index is 0.0171. The average molecular weight is 448 g/mol. The Hall–Kier alpha value is -2.66. The van der Waals surface area contributed by atoms with Crippen LogP contribution in [0.3, 0.4) is 0 Å². The van der Waals surface area contributed by atoms with Crippen LogP contribution >= 0.6 is 0 Å². The molecular formula is C28H37N3O2. The quantitative estimate of drug-likeness (QED) is 0.683. The van der Waals surface area contributed by atoms with Gasteiger partial charge < -0.3 is 10.2 Å². The first kappa shape index (κ1) is 23.5. The highest BCUT2D eigenvalue weighted by Gasteiger charge is 2.37. The predicted octanol–water partition coefficient (Wildman–Crippen LogP) is 4.44. The summed E-state index contributed by atoms with van der Waals surface area (Å²) in [4.78, 5) is 30.7. The van der Waals surface area contributed by atoms with Crippen LogP contribution in [-0.4, -0.2) is 53.8 Å². The second-order valence-electron chi connectivity index (χ2n) is 9.51. The van der Waals surface area contributed by atoms with E-state index in [1.807, 2.05) is 47.4 Å². The summed E-state index contributed by atoms with van der Waals surface area (Å²) in [6, 6.07) is 18.0. The van der Waals surface area contributed by atoms with Gasteiger partial charge in [0.25, 0.3) is 5.91 Å². The maximum Gasteiger partial charge on any atom is 0.253 e. The zero-order chi connectivity index (χ0) is 23.2. The summed E-state index contributed by atoms with van der Waals surface area (Å²) in [5, 5.41) is 3.28. The SMILES string of the molecule is CCc1ccc(C(=O)N2CCN([C@@H](C(=O)N[C@H](C)c3ccccc3)C3CCCC3)CC2)cc1. The molecule has 1 aliphatic carbocycles. The monoisotopic (exact) mass is 447 g/mol. The summed E-state index contributed by atoms with van der Waals surface area (Å²) in [5.74, 6) is 0.627. The Morgan fingerprint density at radius 2 is 1.58 bits per heavy atom. The fourth-order valence-electron chi connectivity index (χ4n) is 5.34. The fraction of sp³-hybridized carbons (Fsp3) is 0.500. The maximum atomic E-state index is 13.5. The van der Waals surface area contributed by atoms with Gasteiger partial charge in [0.15, 0.2) is 0 Å². The van der Waals surface area contributed by atoms with Crippen molar-refractivity contribution in [2.75, 3.05) is 26.2 Å². The molecule has 2 amide bonds. The van der Waals surface area contributed by atoms with Crippen molar-refractivity contribution in [2.45, 2.75) is 58.0 Å². The third kappa shape index (κ3) is 5.64. The van der Waals surface area contributed by atoms with Crippen LogP contribution in [-0.2, 0) is 11.2 Å². The van der Waals surface area contributed by atoms with Gasteiger partial charge in [0.1, 0.15) is 0 Å². The number of carbonyl (C=O) groups is 2. The smallest absolute Gasteiger partial charge is 0.253 e. The lowest BCUT2D eigenvalue weighted by Gasteiger charge is -2.41. The number of amides is 2. The number of benzene rings is 2. The lowest BCUT2D eigenvalue weighted by molar-refractivity contribution is -0.129. The van der Waals surface area contributed by atoms with Gasteiger partial charge >= 0.3 is 0 Å². The van der Waals surface area contributed by atoms with Crippen molar-refractivity contribution in [1.82, 2.24) is 15.1 Å². The highest BCUT2D eigenvalue weighted by molar-refractivity contribution is 5.94. The molecule has 1 saturated carbocycles. The van der Waals surface area contributed by atoms with E-state index < -0.39 is 0 Å². The van der Waals surface area contributed by atoms with Gasteiger partial charge in [-0.05, 0) is 55.4 Å². The molecule has 5 nitrogen and oxygen atoms in total. The number of hydrogen-bond donors (Lipinski definition) is 1. The first-order chi connectivity index (χ1) is 16.1. The van der Waals surface area contributed by atoms with E-state index in [2.05, 4.69) is 36.2 Å². The fourth-order valence-corrected chi connectivity index (χ4v) is 5.34. The van der Waals surface area contributed by atoms with E-state index in [9.17, 15) is 9.59 Å². The van der Waals surface area contributed by atoms with E-state index in [-0.39, 0.29) is 23.9 Å². The van der Waals surface area contributed by atoms with E-state index in [4.69, 9.17) is 0 Å². The van der Waals surface area contributed by atoms with Crippen LogP contribution in [0.1, 0.15) is 67.1 Å². The van der Waals surface area contributed by atoms with Crippen LogP contribution < -0.4 is 5.32 Å². The molecule has 1 N–H and O–H groups in total. The molecule has 1 saturated heterocycles. The summed E-state index contributed by atoms with van der Waals surface area (Å²) >= 11 is 0. The molecule has 33 heavy (non-hydrogen) atoms. The van der Waals surface area contributed by atoms with Gasteiger partial charge in [-0.2, -0.15) is 0 Å². The van der Waals surface area contributed by atoms with Crippen LogP contribution in [0.25, 0.3) is 0 Å². The van der Waals surface area contributed by atoms with Gasteiger partial charge in [-0.25, -0.2) is 0 Å². The number of hydrogen-bond acceptors (Lipinski definition) is 3. The van der Waals surface area contributed by atoms with Crippen molar-refractivity contribution in [3.8, 4) is 0 Å². The summed E-state index contributed by atoms with van der Waals surface area (Å²) in [7, 11) is 0. The minimum Gasteiger partial charge on any atom is -0.348 e. The van der Waals surface area contributed by atoms with Crippen LogP contribution in [0.15, 0.2) is 54.6 Å². The molecule has 2 fully saturated rings. The van der Waals surface area contributed by atoms with Gasteiger partial charge in [0.05, 0.1) is 12.1 Å². The van der Waals surface area contributed by atoms with Crippen molar-refractivity contribution in [1.29, 1.82) is 0 Å². The third-order valence-corrected chi connectivity index (χ3v) is 7.38. The largest absolute Gasteiger partial charge is 0.348 e. The molecule has 2 aromatic rings. The Labute approximate surface area is 198 Å². The van der Waals surface area contributed by atoms with E-state index in [0.717, 1.165) is 43.5 Å². The lowest BCUT2D eigenvalue weighted by atomic mass is 9.94. The van der Waals surface area contributed by atoms with Crippen LogP contribution in [0.5, 0.6) is 0 Å². The third-order valence-electron chi connectivity index (χ3n) is 7.38. The molecule has 0 radical (unpaired) electrons. The molecule has 0 aromatic heterocycles. The average Bonchev–Trinajstić information content (AvgIpc) is 3.39. The van der Waals surface area contributed by atoms with Crippen molar-refractivity contribution in [3.63, 3.8) is 0 Å². The molecule has 1 aliphatic heterocycles. The summed E-state index contributed by atoms with van der Waals surface area (Å²) in [6.07, 6.45) is 5.60. The molecule has 2 aliphatic rings. The normalized spacial score (nSPS) is 19.3. The second kappa shape index (κ2) is 11.0. The van der Waals surface area contributed by atoms with E-state index in [1.54, 1.807) is 0 Å². The molecule has 4 rings (SSSR count). The molecule has 0 spiro atoms. The van der Waals surface area contributed by atoms with E-state index in [1.165, 1.54) is 18.4 Å². The van der Waals surface area contributed by atoms with Gasteiger partial charge in [-0.3, -0.25) is 14.5 Å². The summed E-state index contributed by atoms with van der Waals surface area (Å²) < 4.78 is 0.